The fraction of sp³-hybridized carbons (Fsp3) is 0.200. The van der Waals surface area contributed by atoms with Crippen molar-refractivity contribution < 1.29 is 27.4 Å². The molecule has 0 saturated heterocycles. The van der Waals surface area contributed by atoms with E-state index in [0.29, 0.717) is 11.3 Å². The highest BCUT2D eigenvalue weighted by atomic mass is 19.4. The predicted molar refractivity (Wildman–Crippen MR) is 99.3 cm³/mol. The quantitative estimate of drug-likeness (QED) is 0.650. The zero-order valence-corrected chi connectivity index (χ0v) is 15.4. The first kappa shape index (κ1) is 20.2. The standard InChI is InChI=1S/C20H18F3N3O3/c1-28-16-7-5-15(6-8-16)26-10-9-18(25-26)19(27)24-12-14-3-2-4-17(11-14)29-13-20(21,22)23/h2-11H,12-13H2,1H3,(H,24,27). The average Bonchev–Trinajstić information content (AvgIpc) is 3.21. The van der Waals surface area contributed by atoms with Gasteiger partial charge >= 0.3 is 6.18 Å². The molecule has 0 bridgehead atoms. The number of carbonyl (C=O) groups excluding carboxylic acids is 1. The van der Waals surface area contributed by atoms with Gasteiger partial charge in [0, 0.05) is 12.7 Å². The molecule has 0 spiro atoms. The second-order valence-corrected chi connectivity index (χ2v) is 6.08. The van der Waals surface area contributed by atoms with E-state index in [1.807, 2.05) is 0 Å². The van der Waals surface area contributed by atoms with Crippen LogP contribution in [-0.2, 0) is 6.54 Å². The van der Waals surface area contributed by atoms with Crippen LogP contribution in [0.25, 0.3) is 5.69 Å². The Morgan fingerprint density at radius 2 is 1.86 bits per heavy atom. The van der Waals surface area contributed by atoms with Crippen LogP contribution in [0.5, 0.6) is 11.5 Å². The van der Waals surface area contributed by atoms with Crippen molar-refractivity contribution in [1.29, 1.82) is 0 Å². The Bertz CT molecular complexity index is 969. The van der Waals surface area contributed by atoms with E-state index < -0.39 is 18.7 Å². The summed E-state index contributed by atoms with van der Waals surface area (Å²) in [4.78, 5) is 12.3. The Hall–Kier alpha value is -3.49. The van der Waals surface area contributed by atoms with Gasteiger partial charge in [-0.25, -0.2) is 4.68 Å². The molecule has 1 aromatic heterocycles. The van der Waals surface area contributed by atoms with Gasteiger partial charge in [-0.05, 0) is 48.0 Å². The van der Waals surface area contributed by atoms with E-state index in [1.165, 1.54) is 12.1 Å². The van der Waals surface area contributed by atoms with Crippen LogP contribution in [0.3, 0.4) is 0 Å². The Kier molecular flexibility index (Phi) is 6.06. The average molecular weight is 405 g/mol. The molecular weight excluding hydrogens is 387 g/mol. The lowest BCUT2D eigenvalue weighted by atomic mass is 10.2. The van der Waals surface area contributed by atoms with Gasteiger partial charge in [-0.1, -0.05) is 12.1 Å². The molecule has 2 aromatic carbocycles. The largest absolute Gasteiger partial charge is 0.497 e. The van der Waals surface area contributed by atoms with Crippen LogP contribution in [-0.4, -0.2) is 35.6 Å². The molecule has 0 radical (unpaired) electrons. The number of halogens is 3. The number of amides is 1. The maximum absolute atomic E-state index is 12.3. The molecule has 0 aliphatic carbocycles. The van der Waals surface area contributed by atoms with E-state index in [2.05, 4.69) is 10.4 Å². The highest BCUT2D eigenvalue weighted by Gasteiger charge is 2.28. The summed E-state index contributed by atoms with van der Waals surface area (Å²) in [5, 5.41) is 6.92. The molecular formula is C20H18F3N3O3. The fourth-order valence-corrected chi connectivity index (χ4v) is 2.51. The summed E-state index contributed by atoms with van der Waals surface area (Å²) in [6.07, 6.45) is -2.75. The van der Waals surface area contributed by atoms with Crippen molar-refractivity contribution >= 4 is 5.91 Å². The number of carbonyl (C=O) groups is 1. The second kappa shape index (κ2) is 8.68. The molecule has 9 heteroatoms. The number of hydrogen-bond acceptors (Lipinski definition) is 4. The summed E-state index contributed by atoms with van der Waals surface area (Å²) in [5.74, 6) is 0.386. The van der Waals surface area contributed by atoms with E-state index in [4.69, 9.17) is 9.47 Å². The highest BCUT2D eigenvalue weighted by molar-refractivity contribution is 5.92. The molecule has 1 amide bonds. The molecule has 29 heavy (non-hydrogen) atoms. The molecule has 0 atom stereocenters. The SMILES string of the molecule is COc1ccc(-n2ccc(C(=O)NCc3cccc(OCC(F)(F)F)c3)n2)cc1. The maximum Gasteiger partial charge on any atom is 0.422 e. The van der Waals surface area contributed by atoms with Crippen LogP contribution in [0.1, 0.15) is 16.1 Å². The molecule has 152 valence electrons. The summed E-state index contributed by atoms with van der Waals surface area (Å²) >= 11 is 0. The zero-order valence-electron chi connectivity index (χ0n) is 15.4. The number of alkyl halides is 3. The van der Waals surface area contributed by atoms with Crippen molar-refractivity contribution in [2.45, 2.75) is 12.7 Å². The van der Waals surface area contributed by atoms with Crippen molar-refractivity contribution in [3.63, 3.8) is 0 Å². The van der Waals surface area contributed by atoms with Gasteiger partial charge in [-0.3, -0.25) is 4.79 Å². The minimum atomic E-state index is -4.41. The first-order valence-electron chi connectivity index (χ1n) is 8.61. The molecule has 6 nitrogen and oxygen atoms in total. The van der Waals surface area contributed by atoms with Crippen LogP contribution >= 0.6 is 0 Å². The van der Waals surface area contributed by atoms with Crippen LogP contribution < -0.4 is 14.8 Å². The number of rotatable bonds is 7. The molecule has 0 fully saturated rings. The number of ether oxygens (including phenoxy) is 2. The lowest BCUT2D eigenvalue weighted by Gasteiger charge is -2.10. The smallest absolute Gasteiger partial charge is 0.422 e. The lowest BCUT2D eigenvalue weighted by molar-refractivity contribution is -0.153. The summed E-state index contributed by atoms with van der Waals surface area (Å²) in [6, 6.07) is 14.9. The third kappa shape index (κ3) is 5.74. The van der Waals surface area contributed by atoms with Gasteiger partial charge in [-0.2, -0.15) is 18.3 Å². The lowest BCUT2D eigenvalue weighted by Crippen LogP contribution is -2.23. The Labute approximate surface area is 164 Å². The van der Waals surface area contributed by atoms with Crippen molar-refractivity contribution in [2.24, 2.45) is 0 Å². The van der Waals surface area contributed by atoms with Crippen LogP contribution in [0.15, 0.2) is 60.8 Å². The topological polar surface area (TPSA) is 65.4 Å². The number of methoxy groups -OCH3 is 1. The summed E-state index contributed by atoms with van der Waals surface area (Å²) < 4.78 is 48.1. The van der Waals surface area contributed by atoms with Crippen molar-refractivity contribution in [3.8, 4) is 17.2 Å². The van der Waals surface area contributed by atoms with E-state index in [9.17, 15) is 18.0 Å². The second-order valence-electron chi connectivity index (χ2n) is 6.08. The third-order valence-electron chi connectivity index (χ3n) is 3.91. The fourth-order valence-electron chi connectivity index (χ4n) is 2.51. The van der Waals surface area contributed by atoms with E-state index in [-0.39, 0.29) is 18.0 Å². The molecule has 0 unspecified atom stereocenters. The van der Waals surface area contributed by atoms with Gasteiger partial charge in [0.2, 0.25) is 0 Å². The van der Waals surface area contributed by atoms with Gasteiger partial charge in [0.15, 0.2) is 12.3 Å². The van der Waals surface area contributed by atoms with E-state index >= 15 is 0 Å². The van der Waals surface area contributed by atoms with Gasteiger partial charge in [0.05, 0.1) is 12.8 Å². The Morgan fingerprint density at radius 3 is 2.55 bits per heavy atom. The molecule has 1 N–H and O–H groups in total. The monoisotopic (exact) mass is 405 g/mol. The molecule has 0 aliphatic heterocycles. The minimum Gasteiger partial charge on any atom is -0.497 e. The number of nitrogens with one attached hydrogen (secondary N) is 1. The van der Waals surface area contributed by atoms with Gasteiger partial charge in [-0.15, -0.1) is 0 Å². The normalized spacial score (nSPS) is 11.2. The Morgan fingerprint density at radius 1 is 1.10 bits per heavy atom. The minimum absolute atomic E-state index is 0.0813. The first-order chi connectivity index (χ1) is 13.8. The van der Waals surface area contributed by atoms with Crippen LogP contribution in [0.4, 0.5) is 13.2 Å². The predicted octanol–water partition coefficient (Wildman–Crippen LogP) is 3.75. The summed E-state index contributed by atoms with van der Waals surface area (Å²) in [6.45, 7) is -1.25. The molecule has 1 heterocycles. The van der Waals surface area contributed by atoms with E-state index in [0.717, 1.165) is 5.69 Å². The van der Waals surface area contributed by atoms with Gasteiger partial charge in [0.25, 0.3) is 5.91 Å². The molecule has 3 aromatic rings. The summed E-state index contributed by atoms with van der Waals surface area (Å²) in [5.41, 5.74) is 1.58. The highest BCUT2D eigenvalue weighted by Crippen LogP contribution is 2.19. The molecule has 0 saturated carbocycles. The van der Waals surface area contributed by atoms with Gasteiger partial charge in [0.1, 0.15) is 11.5 Å². The van der Waals surface area contributed by atoms with Crippen molar-refractivity contribution in [2.75, 3.05) is 13.7 Å². The van der Waals surface area contributed by atoms with Crippen LogP contribution in [0, 0.1) is 0 Å². The number of hydrogen-bond donors (Lipinski definition) is 1. The van der Waals surface area contributed by atoms with E-state index in [1.54, 1.807) is 60.5 Å². The van der Waals surface area contributed by atoms with Crippen molar-refractivity contribution in [3.05, 3.63) is 72.1 Å². The zero-order chi connectivity index (χ0) is 20.9. The first-order valence-corrected chi connectivity index (χ1v) is 8.61. The molecule has 0 aliphatic rings. The number of benzene rings is 2. The molecule has 3 rings (SSSR count). The number of aromatic nitrogens is 2. The van der Waals surface area contributed by atoms with Crippen molar-refractivity contribution in [1.82, 2.24) is 15.1 Å². The van der Waals surface area contributed by atoms with Gasteiger partial charge < -0.3 is 14.8 Å². The Balaban J connectivity index is 1.59. The third-order valence-corrected chi connectivity index (χ3v) is 3.91. The maximum atomic E-state index is 12.3. The number of nitrogens with zero attached hydrogens (tertiary/aromatic N) is 2. The van der Waals surface area contributed by atoms with Crippen LogP contribution in [0.2, 0.25) is 0 Å². The summed E-state index contributed by atoms with van der Waals surface area (Å²) in [7, 11) is 1.57.